The molecule has 0 amide bonds. The maximum Gasteiger partial charge on any atom is 0.132 e. The first-order valence-corrected chi connectivity index (χ1v) is 8.10. The molecular weight excluding hydrogens is 348 g/mol. The fourth-order valence-electron chi connectivity index (χ4n) is 2.55. The van der Waals surface area contributed by atoms with Crippen molar-refractivity contribution in [2.45, 2.75) is 26.1 Å². The third-order valence-corrected chi connectivity index (χ3v) is 4.29. The zero-order valence-electron chi connectivity index (χ0n) is 12.2. The molecule has 1 atom stereocenters. The number of hydrogen-bond donors (Lipinski definition) is 0. The van der Waals surface area contributed by atoms with Crippen LogP contribution < -0.4 is 0 Å². The summed E-state index contributed by atoms with van der Waals surface area (Å²) < 4.78 is 3.21. The number of fused-ring (bicyclic) bond motifs is 1. The highest BCUT2D eigenvalue weighted by Gasteiger charge is 2.17. The standard InChI is InChI=1S/C17H16BrClN2/c1-10-4-7-14-16(8-10)21(17(20-14)12(3)19)15-9-13(18)6-5-11(15)2/h4-9,12H,1-3H3. The Hall–Kier alpha value is -1.32. The minimum atomic E-state index is -0.156. The molecule has 108 valence electrons. The number of aromatic nitrogens is 2. The number of halogens is 2. The molecule has 0 saturated heterocycles. The Morgan fingerprint density at radius 3 is 2.62 bits per heavy atom. The van der Waals surface area contributed by atoms with Gasteiger partial charge in [-0.05, 0) is 56.2 Å². The predicted molar refractivity (Wildman–Crippen MR) is 92.5 cm³/mol. The van der Waals surface area contributed by atoms with Crippen molar-refractivity contribution in [1.29, 1.82) is 0 Å². The van der Waals surface area contributed by atoms with Gasteiger partial charge < -0.3 is 0 Å². The Morgan fingerprint density at radius 1 is 1.14 bits per heavy atom. The number of benzene rings is 2. The molecule has 1 aromatic heterocycles. The fourth-order valence-corrected chi connectivity index (χ4v) is 3.04. The Morgan fingerprint density at radius 2 is 1.90 bits per heavy atom. The van der Waals surface area contributed by atoms with Crippen LogP contribution in [0.2, 0.25) is 0 Å². The minimum Gasteiger partial charge on any atom is -0.295 e. The summed E-state index contributed by atoms with van der Waals surface area (Å²) in [5.41, 5.74) is 5.59. The highest BCUT2D eigenvalue weighted by atomic mass is 79.9. The summed E-state index contributed by atoms with van der Waals surface area (Å²) in [5.74, 6) is 0.874. The van der Waals surface area contributed by atoms with E-state index in [9.17, 15) is 0 Å². The van der Waals surface area contributed by atoms with Gasteiger partial charge in [-0.25, -0.2) is 4.98 Å². The normalized spacial score (nSPS) is 12.8. The lowest BCUT2D eigenvalue weighted by Crippen LogP contribution is -2.04. The molecule has 4 heteroatoms. The van der Waals surface area contributed by atoms with Gasteiger partial charge in [0.25, 0.3) is 0 Å². The molecule has 3 rings (SSSR count). The van der Waals surface area contributed by atoms with Gasteiger partial charge in [0.15, 0.2) is 0 Å². The van der Waals surface area contributed by atoms with Gasteiger partial charge in [-0.2, -0.15) is 0 Å². The van der Waals surface area contributed by atoms with Crippen molar-refractivity contribution in [2.24, 2.45) is 0 Å². The van der Waals surface area contributed by atoms with Crippen LogP contribution in [0, 0.1) is 13.8 Å². The zero-order chi connectivity index (χ0) is 15.1. The molecule has 1 unspecified atom stereocenters. The largest absolute Gasteiger partial charge is 0.295 e. The molecule has 2 nitrogen and oxygen atoms in total. The van der Waals surface area contributed by atoms with Crippen molar-refractivity contribution >= 4 is 38.6 Å². The molecule has 0 aliphatic heterocycles. The van der Waals surface area contributed by atoms with E-state index in [-0.39, 0.29) is 5.38 Å². The Bertz CT molecular complexity index is 821. The fraction of sp³-hybridized carbons (Fsp3) is 0.235. The van der Waals surface area contributed by atoms with Gasteiger partial charge in [-0.3, -0.25) is 4.57 Å². The molecule has 0 aliphatic carbocycles. The average molecular weight is 364 g/mol. The molecule has 0 spiro atoms. The second kappa shape index (κ2) is 5.47. The lowest BCUT2D eigenvalue weighted by Gasteiger charge is -2.14. The van der Waals surface area contributed by atoms with Crippen molar-refractivity contribution < 1.29 is 0 Å². The van der Waals surface area contributed by atoms with Crippen LogP contribution in [-0.4, -0.2) is 9.55 Å². The van der Waals surface area contributed by atoms with Crippen molar-refractivity contribution in [2.75, 3.05) is 0 Å². The van der Waals surface area contributed by atoms with Crippen LogP contribution >= 0.6 is 27.5 Å². The zero-order valence-corrected chi connectivity index (χ0v) is 14.5. The van der Waals surface area contributed by atoms with Crippen molar-refractivity contribution in [1.82, 2.24) is 9.55 Å². The highest BCUT2D eigenvalue weighted by molar-refractivity contribution is 9.10. The van der Waals surface area contributed by atoms with Crippen LogP contribution in [0.3, 0.4) is 0 Å². The van der Waals surface area contributed by atoms with Crippen LogP contribution in [0.25, 0.3) is 16.7 Å². The SMILES string of the molecule is Cc1ccc2nc(C(C)Cl)n(-c3cc(Br)ccc3C)c2c1. The van der Waals surface area contributed by atoms with Crippen LogP contribution in [0.5, 0.6) is 0 Å². The molecule has 0 fully saturated rings. The number of imidazole rings is 1. The molecule has 0 aliphatic rings. The van der Waals surface area contributed by atoms with Crippen LogP contribution in [0.4, 0.5) is 0 Å². The summed E-state index contributed by atoms with van der Waals surface area (Å²) in [7, 11) is 0. The van der Waals surface area contributed by atoms with Gasteiger partial charge in [0.2, 0.25) is 0 Å². The maximum absolute atomic E-state index is 6.37. The van der Waals surface area contributed by atoms with Gasteiger partial charge in [0.1, 0.15) is 5.82 Å². The second-order valence-corrected chi connectivity index (χ2v) is 6.91. The Labute approximate surface area is 137 Å². The smallest absolute Gasteiger partial charge is 0.132 e. The summed E-state index contributed by atoms with van der Waals surface area (Å²) in [5, 5.41) is -0.156. The lowest BCUT2D eigenvalue weighted by molar-refractivity contribution is 0.878. The molecule has 0 radical (unpaired) electrons. The van der Waals surface area contributed by atoms with E-state index in [4.69, 9.17) is 16.6 Å². The van der Waals surface area contributed by atoms with Gasteiger partial charge in [-0.15, -0.1) is 11.6 Å². The van der Waals surface area contributed by atoms with E-state index >= 15 is 0 Å². The first-order chi connectivity index (χ1) is 9.97. The van der Waals surface area contributed by atoms with E-state index in [0.29, 0.717) is 0 Å². The number of hydrogen-bond acceptors (Lipinski definition) is 1. The van der Waals surface area contributed by atoms with Crippen molar-refractivity contribution in [3.63, 3.8) is 0 Å². The summed E-state index contributed by atoms with van der Waals surface area (Å²) in [6, 6.07) is 12.6. The molecular formula is C17H16BrClN2. The van der Waals surface area contributed by atoms with E-state index < -0.39 is 0 Å². The van der Waals surface area contributed by atoms with Crippen molar-refractivity contribution in [3.8, 4) is 5.69 Å². The number of alkyl halides is 1. The van der Waals surface area contributed by atoms with Gasteiger partial charge in [0, 0.05) is 4.47 Å². The lowest BCUT2D eigenvalue weighted by atomic mass is 10.1. The number of rotatable bonds is 2. The third kappa shape index (κ3) is 2.60. The van der Waals surface area contributed by atoms with Crippen LogP contribution in [0.1, 0.15) is 29.3 Å². The highest BCUT2D eigenvalue weighted by Crippen LogP contribution is 2.31. The van der Waals surface area contributed by atoms with E-state index in [1.807, 2.05) is 13.0 Å². The van der Waals surface area contributed by atoms with E-state index in [1.165, 1.54) is 11.1 Å². The average Bonchev–Trinajstić information content (AvgIpc) is 2.80. The quantitative estimate of drug-likeness (QED) is 0.534. The molecule has 21 heavy (non-hydrogen) atoms. The molecule has 2 aromatic carbocycles. The summed E-state index contributed by atoms with van der Waals surface area (Å²) in [6.07, 6.45) is 0. The van der Waals surface area contributed by atoms with Gasteiger partial charge in [0.05, 0.1) is 22.1 Å². The summed E-state index contributed by atoms with van der Waals surface area (Å²) in [4.78, 5) is 4.72. The van der Waals surface area contributed by atoms with E-state index in [1.54, 1.807) is 0 Å². The molecule has 0 saturated carbocycles. The third-order valence-electron chi connectivity index (χ3n) is 3.60. The first kappa shape index (κ1) is 14.6. The Kier molecular flexibility index (Phi) is 3.80. The Balaban J connectivity index is 2.41. The molecule has 1 heterocycles. The molecule has 0 N–H and O–H groups in total. The minimum absolute atomic E-state index is 0.156. The number of nitrogens with zero attached hydrogens (tertiary/aromatic N) is 2. The van der Waals surface area contributed by atoms with E-state index in [0.717, 1.165) is 27.0 Å². The van der Waals surface area contributed by atoms with E-state index in [2.05, 4.69) is 64.7 Å². The molecule has 3 aromatic rings. The molecule has 0 bridgehead atoms. The first-order valence-electron chi connectivity index (χ1n) is 6.87. The predicted octanol–water partition coefficient (Wildman–Crippen LogP) is 5.70. The topological polar surface area (TPSA) is 17.8 Å². The summed E-state index contributed by atoms with van der Waals surface area (Å²) in [6.45, 7) is 6.15. The second-order valence-electron chi connectivity index (χ2n) is 5.34. The monoisotopic (exact) mass is 362 g/mol. The van der Waals surface area contributed by atoms with Crippen molar-refractivity contribution in [3.05, 3.63) is 57.8 Å². The van der Waals surface area contributed by atoms with Gasteiger partial charge in [-0.1, -0.05) is 28.1 Å². The van der Waals surface area contributed by atoms with Crippen LogP contribution in [-0.2, 0) is 0 Å². The van der Waals surface area contributed by atoms with Crippen LogP contribution in [0.15, 0.2) is 40.9 Å². The van der Waals surface area contributed by atoms with Gasteiger partial charge >= 0.3 is 0 Å². The number of aryl methyl sites for hydroxylation is 2. The maximum atomic E-state index is 6.37. The summed E-state index contributed by atoms with van der Waals surface area (Å²) >= 11 is 9.92.